The van der Waals surface area contributed by atoms with E-state index in [-0.39, 0.29) is 18.1 Å². The van der Waals surface area contributed by atoms with E-state index in [1.54, 1.807) is 17.0 Å². The van der Waals surface area contributed by atoms with E-state index in [1.165, 1.54) is 6.08 Å². The molecule has 5 heteroatoms. The van der Waals surface area contributed by atoms with Crippen LogP contribution in [0, 0.1) is 0 Å². The minimum Gasteiger partial charge on any atom is -0.376 e. The monoisotopic (exact) mass is 249 g/mol. The molecule has 2 rings (SSSR count). The van der Waals surface area contributed by atoms with Crippen molar-refractivity contribution < 1.29 is 9.53 Å². The van der Waals surface area contributed by atoms with Crippen LogP contribution in [0.1, 0.15) is 25.3 Å². The number of carbonyl (C=O) groups excluding carboxylic acids is 1. The summed E-state index contributed by atoms with van der Waals surface area (Å²) in [6, 6.07) is 0.0542. The van der Waals surface area contributed by atoms with Crippen LogP contribution >= 0.6 is 0 Å². The molecule has 0 radical (unpaired) electrons. The van der Waals surface area contributed by atoms with Crippen molar-refractivity contribution in [2.45, 2.75) is 31.9 Å². The van der Waals surface area contributed by atoms with Crippen LogP contribution in [0.15, 0.2) is 18.5 Å². The smallest absolute Gasteiger partial charge is 0.244 e. The van der Waals surface area contributed by atoms with Gasteiger partial charge in [0.2, 0.25) is 5.91 Å². The molecule has 0 saturated carbocycles. The average molecular weight is 249 g/mol. The molecule has 0 bridgehead atoms. The summed E-state index contributed by atoms with van der Waals surface area (Å²) in [7, 11) is 1.84. The fourth-order valence-corrected chi connectivity index (χ4v) is 2.06. The molecule has 1 saturated heterocycles. The van der Waals surface area contributed by atoms with E-state index in [2.05, 4.69) is 10.4 Å². The lowest BCUT2D eigenvalue weighted by Gasteiger charge is -2.18. The van der Waals surface area contributed by atoms with Crippen LogP contribution in [-0.2, 0) is 16.6 Å². The van der Waals surface area contributed by atoms with Gasteiger partial charge in [-0.05, 0) is 25.8 Å². The molecule has 2 atom stereocenters. The largest absolute Gasteiger partial charge is 0.376 e. The minimum atomic E-state index is -0.0955. The molecule has 0 spiro atoms. The number of nitrogens with zero attached hydrogens (tertiary/aromatic N) is 2. The van der Waals surface area contributed by atoms with Crippen molar-refractivity contribution in [1.82, 2.24) is 15.1 Å². The molecule has 0 unspecified atom stereocenters. The van der Waals surface area contributed by atoms with E-state index >= 15 is 0 Å². The molecule has 1 aliphatic heterocycles. The van der Waals surface area contributed by atoms with Gasteiger partial charge in [-0.25, -0.2) is 0 Å². The number of rotatable bonds is 4. The maximum atomic E-state index is 11.7. The third-order valence-electron chi connectivity index (χ3n) is 3.04. The van der Waals surface area contributed by atoms with Gasteiger partial charge < -0.3 is 10.1 Å². The molecule has 1 amide bonds. The Morgan fingerprint density at radius 3 is 3.17 bits per heavy atom. The third kappa shape index (κ3) is 3.43. The predicted molar refractivity (Wildman–Crippen MR) is 68.8 cm³/mol. The van der Waals surface area contributed by atoms with Crippen LogP contribution in [-0.4, -0.2) is 34.4 Å². The van der Waals surface area contributed by atoms with Crippen LogP contribution < -0.4 is 5.32 Å². The van der Waals surface area contributed by atoms with Gasteiger partial charge in [0.1, 0.15) is 0 Å². The zero-order chi connectivity index (χ0) is 13.0. The van der Waals surface area contributed by atoms with Gasteiger partial charge in [-0.15, -0.1) is 0 Å². The first-order valence-electron chi connectivity index (χ1n) is 6.24. The fourth-order valence-electron chi connectivity index (χ4n) is 2.06. The van der Waals surface area contributed by atoms with Gasteiger partial charge in [0.25, 0.3) is 0 Å². The number of nitrogens with one attached hydrogen (secondary N) is 1. The fraction of sp³-hybridized carbons (Fsp3) is 0.538. The van der Waals surface area contributed by atoms with E-state index in [4.69, 9.17) is 4.74 Å². The number of hydrogen-bond donors (Lipinski definition) is 1. The standard InChI is InChI=1S/C13H19N3O2/c1-10(12-4-3-7-18-12)15-13(17)6-5-11-8-14-16(2)9-11/h5-6,8-10,12H,3-4,7H2,1-2H3,(H,15,17)/b6-5-/t10-,12+/m0/s1. The Kier molecular flexibility index (Phi) is 4.15. The number of aromatic nitrogens is 2. The Bertz CT molecular complexity index is 433. The van der Waals surface area contributed by atoms with Crippen molar-refractivity contribution in [1.29, 1.82) is 0 Å². The molecular weight excluding hydrogens is 230 g/mol. The van der Waals surface area contributed by atoms with Crippen LogP contribution in [0.25, 0.3) is 6.08 Å². The van der Waals surface area contributed by atoms with Crippen molar-refractivity contribution in [2.24, 2.45) is 7.05 Å². The van der Waals surface area contributed by atoms with E-state index in [0.717, 1.165) is 25.0 Å². The molecule has 1 aromatic rings. The SMILES string of the molecule is C[C@H](NC(=O)/C=C\c1cnn(C)c1)[C@H]1CCCO1. The van der Waals surface area contributed by atoms with Gasteiger partial charge >= 0.3 is 0 Å². The number of aryl methyl sites for hydroxylation is 1. The summed E-state index contributed by atoms with van der Waals surface area (Å²) in [6.07, 6.45) is 9.11. The zero-order valence-corrected chi connectivity index (χ0v) is 10.8. The molecule has 1 fully saturated rings. The summed E-state index contributed by atoms with van der Waals surface area (Å²) in [5.74, 6) is -0.0955. The second-order valence-corrected chi connectivity index (χ2v) is 4.63. The Morgan fingerprint density at radius 2 is 2.56 bits per heavy atom. The molecular formula is C13H19N3O2. The molecule has 1 aromatic heterocycles. The van der Waals surface area contributed by atoms with Crippen LogP contribution in [0.3, 0.4) is 0 Å². The Labute approximate surface area is 107 Å². The lowest BCUT2D eigenvalue weighted by Crippen LogP contribution is -2.39. The molecule has 2 heterocycles. The van der Waals surface area contributed by atoms with Crippen molar-refractivity contribution >= 4 is 12.0 Å². The van der Waals surface area contributed by atoms with Gasteiger partial charge in [-0.2, -0.15) is 5.10 Å². The number of ether oxygens (including phenoxy) is 1. The molecule has 18 heavy (non-hydrogen) atoms. The first kappa shape index (κ1) is 12.8. The second-order valence-electron chi connectivity index (χ2n) is 4.63. The number of hydrogen-bond acceptors (Lipinski definition) is 3. The highest BCUT2D eigenvalue weighted by Gasteiger charge is 2.22. The number of amides is 1. The highest BCUT2D eigenvalue weighted by Crippen LogP contribution is 2.15. The second kappa shape index (κ2) is 5.82. The summed E-state index contributed by atoms with van der Waals surface area (Å²) < 4.78 is 7.23. The Hall–Kier alpha value is -1.62. The third-order valence-corrected chi connectivity index (χ3v) is 3.04. The lowest BCUT2D eigenvalue weighted by atomic mass is 10.1. The maximum absolute atomic E-state index is 11.7. The first-order chi connectivity index (χ1) is 8.65. The molecule has 1 N–H and O–H groups in total. The zero-order valence-electron chi connectivity index (χ0n) is 10.8. The van der Waals surface area contributed by atoms with Crippen LogP contribution in [0.2, 0.25) is 0 Å². The summed E-state index contributed by atoms with van der Waals surface area (Å²) >= 11 is 0. The van der Waals surface area contributed by atoms with Gasteiger partial charge in [-0.1, -0.05) is 0 Å². The minimum absolute atomic E-state index is 0.0542. The molecule has 0 aliphatic carbocycles. The van der Waals surface area contributed by atoms with Crippen molar-refractivity contribution in [3.8, 4) is 0 Å². The van der Waals surface area contributed by atoms with Gasteiger partial charge in [-0.3, -0.25) is 9.48 Å². The summed E-state index contributed by atoms with van der Waals surface area (Å²) in [5, 5.41) is 6.95. The summed E-state index contributed by atoms with van der Waals surface area (Å²) in [5.41, 5.74) is 0.914. The highest BCUT2D eigenvalue weighted by molar-refractivity contribution is 5.91. The highest BCUT2D eigenvalue weighted by atomic mass is 16.5. The van der Waals surface area contributed by atoms with Crippen molar-refractivity contribution in [3.05, 3.63) is 24.0 Å². The van der Waals surface area contributed by atoms with E-state index in [1.807, 2.05) is 20.2 Å². The van der Waals surface area contributed by atoms with E-state index < -0.39 is 0 Å². The summed E-state index contributed by atoms with van der Waals surface area (Å²) in [4.78, 5) is 11.7. The normalized spacial score (nSPS) is 21.3. The molecule has 1 aliphatic rings. The first-order valence-corrected chi connectivity index (χ1v) is 6.24. The van der Waals surface area contributed by atoms with Crippen LogP contribution in [0.5, 0.6) is 0 Å². The van der Waals surface area contributed by atoms with E-state index in [9.17, 15) is 4.79 Å². The molecule has 98 valence electrons. The van der Waals surface area contributed by atoms with Crippen molar-refractivity contribution in [2.75, 3.05) is 6.61 Å². The Morgan fingerprint density at radius 1 is 1.72 bits per heavy atom. The Balaban J connectivity index is 1.82. The maximum Gasteiger partial charge on any atom is 0.244 e. The van der Waals surface area contributed by atoms with Gasteiger partial charge in [0, 0.05) is 31.5 Å². The van der Waals surface area contributed by atoms with E-state index in [0.29, 0.717) is 0 Å². The number of carbonyl (C=O) groups is 1. The van der Waals surface area contributed by atoms with Crippen LogP contribution in [0.4, 0.5) is 0 Å². The quantitative estimate of drug-likeness (QED) is 0.813. The molecule has 5 nitrogen and oxygen atoms in total. The summed E-state index contributed by atoms with van der Waals surface area (Å²) in [6.45, 7) is 2.78. The van der Waals surface area contributed by atoms with Crippen molar-refractivity contribution in [3.63, 3.8) is 0 Å². The average Bonchev–Trinajstić information content (AvgIpc) is 2.97. The van der Waals surface area contributed by atoms with Gasteiger partial charge in [0.15, 0.2) is 0 Å². The lowest BCUT2D eigenvalue weighted by molar-refractivity contribution is -0.117. The van der Waals surface area contributed by atoms with Gasteiger partial charge in [0.05, 0.1) is 18.3 Å². The predicted octanol–water partition coefficient (Wildman–Crippen LogP) is 1.12. The topological polar surface area (TPSA) is 56.2 Å². The molecule has 0 aromatic carbocycles.